The van der Waals surface area contributed by atoms with Crippen LogP contribution in [-0.2, 0) is 11.2 Å². The second-order valence-electron chi connectivity index (χ2n) is 6.73. The van der Waals surface area contributed by atoms with E-state index in [-0.39, 0.29) is 35.9 Å². The van der Waals surface area contributed by atoms with Crippen LogP contribution in [0.2, 0.25) is 0 Å². The molecule has 0 aliphatic carbocycles. The van der Waals surface area contributed by atoms with Gasteiger partial charge in [-0.1, -0.05) is 19.1 Å². The van der Waals surface area contributed by atoms with E-state index in [1.807, 2.05) is 26.2 Å². The predicted molar refractivity (Wildman–Crippen MR) is 119 cm³/mol. The fourth-order valence-electron chi connectivity index (χ4n) is 3.20. The van der Waals surface area contributed by atoms with Crippen LogP contribution in [0.25, 0.3) is 0 Å². The van der Waals surface area contributed by atoms with E-state index in [4.69, 9.17) is 5.73 Å². The van der Waals surface area contributed by atoms with Gasteiger partial charge in [0.2, 0.25) is 5.91 Å². The van der Waals surface area contributed by atoms with Gasteiger partial charge in [0, 0.05) is 32.9 Å². The van der Waals surface area contributed by atoms with Crippen molar-refractivity contribution < 1.29 is 4.79 Å². The number of aliphatic imine (C=N–C) groups is 1. The van der Waals surface area contributed by atoms with E-state index in [2.05, 4.69) is 34.3 Å². The van der Waals surface area contributed by atoms with Crippen LogP contribution in [0.3, 0.4) is 0 Å². The Morgan fingerprint density at radius 1 is 1.42 bits per heavy atom. The number of carbonyl (C=O) groups is 1. The quantitative estimate of drug-likeness (QED) is 0.276. The molecule has 1 heterocycles. The molecule has 6 nitrogen and oxygen atoms in total. The second-order valence-corrected chi connectivity index (χ2v) is 6.73. The SMILES string of the molecule is CCc1cccc(NC(N)=NCCCN2CCCC2C(=O)N(C)C)c1.I. The van der Waals surface area contributed by atoms with Gasteiger partial charge in [-0.15, -0.1) is 24.0 Å². The van der Waals surface area contributed by atoms with E-state index in [0.29, 0.717) is 12.5 Å². The van der Waals surface area contributed by atoms with Crippen LogP contribution in [0.1, 0.15) is 31.7 Å². The molecule has 0 spiro atoms. The minimum atomic E-state index is 0. The van der Waals surface area contributed by atoms with E-state index in [0.717, 1.165) is 44.5 Å². The third-order valence-corrected chi connectivity index (χ3v) is 4.58. The smallest absolute Gasteiger partial charge is 0.239 e. The number of nitrogens with zero attached hydrogens (tertiary/aromatic N) is 3. The summed E-state index contributed by atoms with van der Waals surface area (Å²) < 4.78 is 0. The van der Waals surface area contributed by atoms with E-state index in [1.165, 1.54) is 5.56 Å². The van der Waals surface area contributed by atoms with Crippen LogP contribution in [0.5, 0.6) is 0 Å². The Bertz CT molecular complexity index is 605. The number of hydrogen-bond donors (Lipinski definition) is 2. The van der Waals surface area contributed by atoms with Gasteiger partial charge in [0.25, 0.3) is 0 Å². The van der Waals surface area contributed by atoms with Crippen molar-refractivity contribution in [1.29, 1.82) is 0 Å². The average Bonchev–Trinajstić information content (AvgIpc) is 3.06. The lowest BCUT2D eigenvalue weighted by Crippen LogP contribution is -2.43. The first-order valence-corrected chi connectivity index (χ1v) is 9.12. The summed E-state index contributed by atoms with van der Waals surface area (Å²) in [6, 6.07) is 8.23. The number of aryl methyl sites for hydroxylation is 1. The fourth-order valence-corrected chi connectivity index (χ4v) is 3.20. The lowest BCUT2D eigenvalue weighted by molar-refractivity contribution is -0.133. The predicted octanol–water partition coefficient (Wildman–Crippen LogP) is 2.54. The van der Waals surface area contributed by atoms with Gasteiger partial charge in [0.05, 0.1) is 6.04 Å². The highest BCUT2D eigenvalue weighted by atomic mass is 127. The Morgan fingerprint density at radius 3 is 2.88 bits per heavy atom. The zero-order valence-electron chi connectivity index (χ0n) is 16.1. The molecular formula is C19H32IN5O. The number of halogens is 1. The number of benzene rings is 1. The van der Waals surface area contributed by atoms with Crippen molar-refractivity contribution in [2.45, 2.75) is 38.6 Å². The number of guanidine groups is 1. The summed E-state index contributed by atoms with van der Waals surface area (Å²) in [6.07, 6.45) is 3.94. The molecule has 0 aromatic heterocycles. The molecule has 1 atom stereocenters. The maximum atomic E-state index is 12.2. The Labute approximate surface area is 174 Å². The number of amides is 1. The highest BCUT2D eigenvalue weighted by molar-refractivity contribution is 14.0. The third kappa shape index (κ3) is 6.75. The van der Waals surface area contributed by atoms with Crippen molar-refractivity contribution in [3.8, 4) is 0 Å². The first-order valence-electron chi connectivity index (χ1n) is 9.12. The number of nitrogens with two attached hydrogens (primary N) is 1. The van der Waals surface area contributed by atoms with Crippen molar-refractivity contribution in [3.63, 3.8) is 0 Å². The van der Waals surface area contributed by atoms with Crippen molar-refractivity contribution in [2.75, 3.05) is 39.0 Å². The van der Waals surface area contributed by atoms with Crippen LogP contribution in [0, 0.1) is 0 Å². The maximum absolute atomic E-state index is 12.2. The molecule has 26 heavy (non-hydrogen) atoms. The monoisotopic (exact) mass is 473 g/mol. The number of rotatable bonds is 7. The molecule has 1 aromatic rings. The minimum absolute atomic E-state index is 0. The molecular weight excluding hydrogens is 441 g/mol. The Hall–Kier alpha value is -1.35. The van der Waals surface area contributed by atoms with Crippen molar-refractivity contribution in [1.82, 2.24) is 9.80 Å². The third-order valence-electron chi connectivity index (χ3n) is 4.58. The van der Waals surface area contributed by atoms with Gasteiger partial charge in [-0.3, -0.25) is 14.7 Å². The van der Waals surface area contributed by atoms with E-state index < -0.39 is 0 Å². The van der Waals surface area contributed by atoms with Crippen LogP contribution < -0.4 is 11.1 Å². The van der Waals surface area contributed by atoms with Gasteiger partial charge in [-0.2, -0.15) is 0 Å². The number of hydrogen-bond acceptors (Lipinski definition) is 3. The summed E-state index contributed by atoms with van der Waals surface area (Å²) in [5.41, 5.74) is 8.21. The molecule has 0 bridgehead atoms. The zero-order valence-corrected chi connectivity index (χ0v) is 18.4. The van der Waals surface area contributed by atoms with Crippen LogP contribution in [0.15, 0.2) is 29.3 Å². The number of anilines is 1. The fraction of sp³-hybridized carbons (Fsp3) is 0.579. The van der Waals surface area contributed by atoms with Gasteiger partial charge < -0.3 is 16.0 Å². The molecule has 3 N–H and O–H groups in total. The first-order chi connectivity index (χ1) is 12.0. The van der Waals surface area contributed by atoms with Crippen molar-refractivity contribution in [2.24, 2.45) is 10.7 Å². The lowest BCUT2D eigenvalue weighted by Gasteiger charge is -2.25. The molecule has 1 aromatic carbocycles. The van der Waals surface area contributed by atoms with Crippen LogP contribution in [0.4, 0.5) is 5.69 Å². The van der Waals surface area contributed by atoms with E-state index in [1.54, 1.807) is 4.90 Å². The molecule has 2 rings (SSSR count). The van der Waals surface area contributed by atoms with Crippen LogP contribution >= 0.6 is 24.0 Å². The number of likely N-dealkylation sites (N-methyl/N-ethyl adjacent to an activating group) is 1. The molecule has 146 valence electrons. The number of likely N-dealkylation sites (tertiary alicyclic amines) is 1. The van der Waals surface area contributed by atoms with Gasteiger partial charge >= 0.3 is 0 Å². The largest absolute Gasteiger partial charge is 0.370 e. The lowest BCUT2D eigenvalue weighted by atomic mass is 10.1. The second kappa shape index (κ2) is 11.4. The average molecular weight is 473 g/mol. The summed E-state index contributed by atoms with van der Waals surface area (Å²) in [5.74, 6) is 0.647. The topological polar surface area (TPSA) is 74.0 Å². The summed E-state index contributed by atoms with van der Waals surface area (Å²) >= 11 is 0. The molecule has 1 unspecified atom stereocenters. The molecule has 7 heteroatoms. The summed E-state index contributed by atoms with van der Waals surface area (Å²) in [4.78, 5) is 20.5. The first kappa shape index (κ1) is 22.7. The number of carbonyl (C=O) groups excluding carboxylic acids is 1. The molecule has 1 amide bonds. The van der Waals surface area contributed by atoms with Gasteiger partial charge in [0.15, 0.2) is 5.96 Å². The summed E-state index contributed by atoms with van der Waals surface area (Å²) in [7, 11) is 3.64. The molecule has 1 aliphatic heterocycles. The molecule has 1 saturated heterocycles. The highest BCUT2D eigenvalue weighted by Crippen LogP contribution is 2.18. The highest BCUT2D eigenvalue weighted by Gasteiger charge is 2.30. The Morgan fingerprint density at radius 2 is 2.19 bits per heavy atom. The molecule has 1 aliphatic rings. The van der Waals surface area contributed by atoms with E-state index in [9.17, 15) is 4.79 Å². The summed E-state index contributed by atoms with van der Waals surface area (Å²) in [5, 5.41) is 3.14. The van der Waals surface area contributed by atoms with Gasteiger partial charge in [0.1, 0.15) is 0 Å². The Kier molecular flexibility index (Phi) is 9.93. The Balaban J connectivity index is 0.00000338. The van der Waals surface area contributed by atoms with Gasteiger partial charge in [-0.25, -0.2) is 0 Å². The van der Waals surface area contributed by atoms with E-state index >= 15 is 0 Å². The normalized spacial score (nSPS) is 17.7. The summed E-state index contributed by atoms with van der Waals surface area (Å²) in [6.45, 7) is 4.66. The molecule has 1 fully saturated rings. The standard InChI is InChI=1S/C19H31N5O.HI/c1-4-15-8-5-9-16(14-15)22-19(20)21-11-7-13-24-12-6-10-17(24)18(25)23(2)3;/h5,8-9,14,17H,4,6-7,10-13H2,1-3H3,(H3,20,21,22);1H. The van der Waals surface area contributed by atoms with Crippen molar-refractivity contribution >= 4 is 41.5 Å². The van der Waals surface area contributed by atoms with Gasteiger partial charge in [-0.05, 0) is 49.9 Å². The van der Waals surface area contributed by atoms with Crippen LogP contribution in [-0.4, -0.2) is 61.4 Å². The maximum Gasteiger partial charge on any atom is 0.239 e. The molecule has 0 radical (unpaired) electrons. The zero-order chi connectivity index (χ0) is 18.2. The van der Waals surface area contributed by atoms with Crippen molar-refractivity contribution in [3.05, 3.63) is 29.8 Å². The minimum Gasteiger partial charge on any atom is -0.370 e. The molecule has 0 saturated carbocycles. The number of nitrogens with one attached hydrogen (secondary N) is 1.